The summed E-state index contributed by atoms with van der Waals surface area (Å²) in [6.45, 7) is 2.70. The zero-order valence-corrected chi connectivity index (χ0v) is 19.6. The Hall–Kier alpha value is -1.79. The summed E-state index contributed by atoms with van der Waals surface area (Å²) < 4.78 is 17.3. The quantitative estimate of drug-likeness (QED) is 0.424. The van der Waals surface area contributed by atoms with E-state index in [1.807, 2.05) is 48.5 Å². The zero-order chi connectivity index (χ0) is 22.4. The Morgan fingerprint density at radius 2 is 1.94 bits per heavy atom. The van der Waals surface area contributed by atoms with Gasteiger partial charge in [0, 0.05) is 31.7 Å². The summed E-state index contributed by atoms with van der Waals surface area (Å²) in [7, 11) is 0. The molecule has 2 aromatic carbocycles. The topological polar surface area (TPSA) is 48.0 Å². The minimum absolute atomic E-state index is 0.108. The van der Waals surface area contributed by atoms with Gasteiger partial charge in [-0.25, -0.2) is 4.79 Å². The number of hydrogen-bond acceptors (Lipinski definition) is 4. The van der Waals surface area contributed by atoms with Gasteiger partial charge in [-0.3, -0.25) is 0 Å². The van der Waals surface area contributed by atoms with Crippen molar-refractivity contribution in [1.82, 2.24) is 4.90 Å². The predicted molar refractivity (Wildman–Crippen MR) is 125 cm³/mol. The van der Waals surface area contributed by atoms with Crippen LogP contribution in [-0.4, -0.2) is 43.6 Å². The number of amides is 1. The summed E-state index contributed by atoms with van der Waals surface area (Å²) >= 11 is 12.5. The third-order valence-corrected chi connectivity index (χ3v) is 6.95. The molecule has 0 saturated carbocycles. The van der Waals surface area contributed by atoms with E-state index in [0.717, 1.165) is 49.8 Å². The minimum Gasteiger partial charge on any atom is -0.448 e. The number of ether oxygens (including phenoxy) is 3. The smallest absolute Gasteiger partial charge is 0.410 e. The van der Waals surface area contributed by atoms with E-state index in [-0.39, 0.29) is 12.4 Å². The monoisotopic (exact) mass is 477 g/mol. The van der Waals surface area contributed by atoms with Gasteiger partial charge in [-0.1, -0.05) is 59.6 Å². The van der Waals surface area contributed by atoms with Crippen molar-refractivity contribution in [2.75, 3.05) is 26.4 Å². The molecule has 2 aliphatic heterocycles. The van der Waals surface area contributed by atoms with Gasteiger partial charge in [0.05, 0.1) is 10.0 Å². The molecule has 2 heterocycles. The molecule has 0 aromatic heterocycles. The Kier molecular flexibility index (Phi) is 7.95. The SMILES string of the molecule is O=C1OCC(CCCOC2CCCCO2)(c2ccc(Cl)c(Cl)c2)CN1Cc1ccccc1. The second-order valence-corrected chi connectivity index (χ2v) is 9.39. The highest BCUT2D eigenvalue weighted by Crippen LogP contribution is 2.37. The van der Waals surface area contributed by atoms with Gasteiger partial charge in [0.15, 0.2) is 6.29 Å². The molecule has 1 amide bonds. The Morgan fingerprint density at radius 3 is 2.69 bits per heavy atom. The minimum atomic E-state index is -0.395. The van der Waals surface area contributed by atoms with Gasteiger partial charge in [-0.2, -0.15) is 0 Å². The van der Waals surface area contributed by atoms with Crippen molar-refractivity contribution in [3.8, 4) is 0 Å². The number of hydrogen-bond donors (Lipinski definition) is 0. The first-order chi connectivity index (χ1) is 15.6. The first-order valence-electron chi connectivity index (χ1n) is 11.2. The summed E-state index contributed by atoms with van der Waals surface area (Å²) in [6.07, 6.45) is 4.39. The van der Waals surface area contributed by atoms with E-state index < -0.39 is 5.41 Å². The van der Waals surface area contributed by atoms with Crippen molar-refractivity contribution in [3.63, 3.8) is 0 Å². The van der Waals surface area contributed by atoms with Gasteiger partial charge in [0.2, 0.25) is 0 Å². The molecular weight excluding hydrogens is 449 g/mol. The lowest BCUT2D eigenvalue weighted by molar-refractivity contribution is -0.163. The average Bonchev–Trinajstić information content (AvgIpc) is 2.82. The molecule has 4 rings (SSSR count). The Labute approximate surface area is 199 Å². The van der Waals surface area contributed by atoms with E-state index in [0.29, 0.717) is 36.3 Å². The average molecular weight is 478 g/mol. The maximum absolute atomic E-state index is 12.6. The molecular formula is C25H29Cl2NO4. The van der Waals surface area contributed by atoms with Crippen molar-refractivity contribution < 1.29 is 19.0 Å². The lowest BCUT2D eigenvalue weighted by Crippen LogP contribution is -2.52. The van der Waals surface area contributed by atoms with Crippen LogP contribution in [0, 0.1) is 0 Å². The number of carbonyl (C=O) groups is 1. The van der Waals surface area contributed by atoms with Crippen molar-refractivity contribution in [3.05, 3.63) is 69.7 Å². The van der Waals surface area contributed by atoms with Crippen LogP contribution in [0.1, 0.15) is 43.2 Å². The number of carbonyl (C=O) groups excluding carboxylic acids is 1. The highest BCUT2D eigenvalue weighted by molar-refractivity contribution is 6.42. The van der Waals surface area contributed by atoms with E-state index in [9.17, 15) is 4.79 Å². The van der Waals surface area contributed by atoms with Gasteiger partial charge < -0.3 is 19.1 Å². The summed E-state index contributed by atoms with van der Waals surface area (Å²) in [5, 5.41) is 1.01. The van der Waals surface area contributed by atoms with Gasteiger partial charge in [0.1, 0.15) is 6.61 Å². The van der Waals surface area contributed by atoms with Crippen LogP contribution in [0.4, 0.5) is 4.79 Å². The van der Waals surface area contributed by atoms with Crippen LogP contribution in [-0.2, 0) is 26.2 Å². The van der Waals surface area contributed by atoms with Gasteiger partial charge in [-0.05, 0) is 55.4 Å². The molecule has 5 nitrogen and oxygen atoms in total. The molecule has 7 heteroatoms. The Morgan fingerprint density at radius 1 is 1.09 bits per heavy atom. The van der Waals surface area contributed by atoms with E-state index in [2.05, 4.69) is 0 Å². The maximum Gasteiger partial charge on any atom is 0.410 e. The van der Waals surface area contributed by atoms with E-state index >= 15 is 0 Å². The first-order valence-corrected chi connectivity index (χ1v) is 12.0. The van der Waals surface area contributed by atoms with Crippen molar-refractivity contribution in [2.45, 2.75) is 50.4 Å². The fourth-order valence-corrected chi connectivity index (χ4v) is 4.75. The highest BCUT2D eigenvalue weighted by Gasteiger charge is 2.41. The molecule has 0 bridgehead atoms. The van der Waals surface area contributed by atoms with Gasteiger partial charge in [0.25, 0.3) is 0 Å². The number of nitrogens with zero attached hydrogens (tertiary/aromatic N) is 1. The molecule has 0 N–H and O–H groups in total. The second-order valence-electron chi connectivity index (χ2n) is 8.58. The van der Waals surface area contributed by atoms with E-state index in [1.165, 1.54) is 0 Å². The summed E-state index contributed by atoms with van der Waals surface area (Å²) in [5.41, 5.74) is 1.69. The van der Waals surface area contributed by atoms with Gasteiger partial charge >= 0.3 is 6.09 Å². The third-order valence-electron chi connectivity index (χ3n) is 6.21. The summed E-state index contributed by atoms with van der Waals surface area (Å²) in [5.74, 6) is 0. The fraction of sp³-hybridized carbons (Fsp3) is 0.480. The second kappa shape index (κ2) is 10.9. The third kappa shape index (κ3) is 5.76. The molecule has 0 aliphatic carbocycles. The number of halogens is 2. The molecule has 2 atom stereocenters. The van der Waals surface area contributed by atoms with Crippen LogP contribution in [0.3, 0.4) is 0 Å². The molecule has 172 valence electrons. The Bertz CT molecular complexity index is 904. The highest BCUT2D eigenvalue weighted by atomic mass is 35.5. The van der Waals surface area contributed by atoms with Crippen LogP contribution in [0.15, 0.2) is 48.5 Å². The number of rotatable bonds is 8. The fourth-order valence-electron chi connectivity index (χ4n) is 4.46. The molecule has 2 aliphatic rings. The van der Waals surface area contributed by atoms with Crippen LogP contribution >= 0.6 is 23.2 Å². The lowest BCUT2D eigenvalue weighted by Gasteiger charge is -2.42. The van der Waals surface area contributed by atoms with Crippen LogP contribution in [0.2, 0.25) is 10.0 Å². The zero-order valence-electron chi connectivity index (χ0n) is 18.1. The largest absolute Gasteiger partial charge is 0.448 e. The molecule has 32 heavy (non-hydrogen) atoms. The van der Waals surface area contributed by atoms with Crippen LogP contribution in [0.25, 0.3) is 0 Å². The summed E-state index contributed by atoms with van der Waals surface area (Å²) in [6, 6.07) is 15.6. The predicted octanol–water partition coefficient (Wildman–Crippen LogP) is 6.21. The molecule has 0 spiro atoms. The lowest BCUT2D eigenvalue weighted by atomic mass is 9.76. The molecule has 2 saturated heterocycles. The molecule has 2 fully saturated rings. The first kappa shape index (κ1) is 23.4. The number of cyclic esters (lactones) is 1. The molecule has 2 unspecified atom stereocenters. The molecule has 2 aromatic rings. The van der Waals surface area contributed by atoms with E-state index in [1.54, 1.807) is 4.90 Å². The van der Waals surface area contributed by atoms with Crippen LogP contribution < -0.4 is 0 Å². The van der Waals surface area contributed by atoms with Gasteiger partial charge in [-0.15, -0.1) is 0 Å². The normalized spacial score (nSPS) is 23.8. The standard InChI is InChI=1S/C25H29Cl2NO4/c26-21-11-10-20(15-22(21)27)25(12-6-14-31-23-9-4-5-13-30-23)17-28(24(29)32-18-25)16-19-7-2-1-3-8-19/h1-3,7-8,10-11,15,23H,4-6,9,12-14,16-18H2. The Balaban J connectivity index is 1.49. The van der Waals surface area contributed by atoms with Crippen molar-refractivity contribution >= 4 is 29.3 Å². The van der Waals surface area contributed by atoms with E-state index in [4.69, 9.17) is 37.4 Å². The van der Waals surface area contributed by atoms with Crippen molar-refractivity contribution in [2.24, 2.45) is 0 Å². The number of benzene rings is 2. The molecule has 0 radical (unpaired) electrons. The van der Waals surface area contributed by atoms with Crippen molar-refractivity contribution in [1.29, 1.82) is 0 Å². The summed E-state index contributed by atoms with van der Waals surface area (Å²) in [4.78, 5) is 14.4. The van der Waals surface area contributed by atoms with Crippen LogP contribution in [0.5, 0.6) is 0 Å². The maximum atomic E-state index is 12.6.